The second-order valence-corrected chi connectivity index (χ2v) is 8.78. The van der Waals surface area contributed by atoms with Crippen LogP contribution >= 0.6 is 23.2 Å². The molecule has 142 valence electrons. The van der Waals surface area contributed by atoms with Gasteiger partial charge in [-0.25, -0.2) is 13.4 Å². The van der Waals surface area contributed by atoms with Crippen molar-refractivity contribution in [3.8, 4) is 11.3 Å². The molecule has 1 N–H and O–H groups in total. The Kier molecular flexibility index (Phi) is 4.79. The molecule has 0 fully saturated rings. The van der Waals surface area contributed by atoms with Crippen LogP contribution in [0, 0.1) is 6.92 Å². The molecule has 0 spiro atoms. The Labute approximate surface area is 172 Å². The van der Waals surface area contributed by atoms with E-state index in [4.69, 9.17) is 23.2 Å². The Morgan fingerprint density at radius 3 is 2.57 bits per heavy atom. The zero-order chi connectivity index (χ0) is 19.9. The van der Waals surface area contributed by atoms with Crippen molar-refractivity contribution in [2.45, 2.75) is 11.8 Å². The minimum absolute atomic E-state index is 0.0737. The summed E-state index contributed by atoms with van der Waals surface area (Å²) >= 11 is 12.0. The van der Waals surface area contributed by atoms with Gasteiger partial charge in [-0.05, 0) is 49.4 Å². The van der Waals surface area contributed by atoms with E-state index in [9.17, 15) is 8.42 Å². The van der Waals surface area contributed by atoms with Crippen molar-refractivity contribution in [3.05, 3.63) is 82.6 Å². The van der Waals surface area contributed by atoms with Crippen LogP contribution in [-0.4, -0.2) is 17.8 Å². The number of benzene rings is 2. The highest BCUT2D eigenvalue weighted by molar-refractivity contribution is 7.92. The van der Waals surface area contributed by atoms with Gasteiger partial charge in [0.25, 0.3) is 10.0 Å². The van der Waals surface area contributed by atoms with Gasteiger partial charge in [0, 0.05) is 28.2 Å². The Balaban J connectivity index is 1.70. The highest BCUT2D eigenvalue weighted by atomic mass is 35.5. The zero-order valence-corrected chi connectivity index (χ0v) is 17.1. The van der Waals surface area contributed by atoms with Crippen LogP contribution in [0.15, 0.2) is 71.8 Å². The average Bonchev–Trinajstić information content (AvgIpc) is 3.09. The Morgan fingerprint density at radius 2 is 1.79 bits per heavy atom. The normalized spacial score (nSPS) is 11.7. The molecule has 28 heavy (non-hydrogen) atoms. The molecule has 2 heterocycles. The minimum atomic E-state index is -3.89. The molecule has 5 nitrogen and oxygen atoms in total. The summed E-state index contributed by atoms with van der Waals surface area (Å²) in [6.45, 7) is 2.00. The number of nitrogens with one attached hydrogen (secondary N) is 1. The van der Waals surface area contributed by atoms with E-state index >= 15 is 0 Å². The van der Waals surface area contributed by atoms with E-state index in [1.54, 1.807) is 18.2 Å². The second kappa shape index (κ2) is 7.13. The summed E-state index contributed by atoms with van der Waals surface area (Å²) in [5, 5.41) is 0.391. The number of nitrogens with zero attached hydrogens (tertiary/aromatic N) is 2. The molecule has 0 amide bonds. The first-order valence-corrected chi connectivity index (χ1v) is 10.6. The van der Waals surface area contributed by atoms with E-state index in [1.807, 2.05) is 41.8 Å². The van der Waals surface area contributed by atoms with Gasteiger partial charge in [-0.1, -0.05) is 41.4 Å². The lowest BCUT2D eigenvalue weighted by molar-refractivity contribution is 0.601. The van der Waals surface area contributed by atoms with Crippen molar-refractivity contribution in [2.75, 3.05) is 4.72 Å². The minimum Gasteiger partial charge on any atom is -0.304 e. The Bertz CT molecular complexity index is 1300. The van der Waals surface area contributed by atoms with Gasteiger partial charge in [0.15, 0.2) is 0 Å². The van der Waals surface area contributed by atoms with Crippen LogP contribution in [0.5, 0.6) is 0 Å². The molecule has 2 aromatic heterocycles. The number of aromatic nitrogens is 2. The van der Waals surface area contributed by atoms with Crippen molar-refractivity contribution in [1.82, 2.24) is 9.38 Å². The molecule has 8 heteroatoms. The van der Waals surface area contributed by atoms with Gasteiger partial charge in [0.2, 0.25) is 0 Å². The maximum atomic E-state index is 12.7. The van der Waals surface area contributed by atoms with Crippen LogP contribution in [0.2, 0.25) is 10.0 Å². The standard InChI is InChI=1S/C20H15Cl2N3O2S/c1-13-4-2-7-20-23-18(12-25(13)20)14-5-3-6-16(10-14)24-28(26,27)19-11-15(21)8-9-17(19)22/h2-12,24H,1H3. The van der Waals surface area contributed by atoms with Crippen LogP contribution in [0.25, 0.3) is 16.9 Å². The summed E-state index contributed by atoms with van der Waals surface area (Å²) < 4.78 is 30.0. The quantitative estimate of drug-likeness (QED) is 0.469. The van der Waals surface area contributed by atoms with E-state index in [2.05, 4.69) is 9.71 Å². The SMILES string of the molecule is Cc1cccc2nc(-c3cccc(NS(=O)(=O)c4cc(Cl)ccc4Cl)c3)cn12. The lowest BCUT2D eigenvalue weighted by Crippen LogP contribution is -2.13. The maximum absolute atomic E-state index is 12.7. The lowest BCUT2D eigenvalue weighted by atomic mass is 10.1. The predicted molar refractivity (Wildman–Crippen MR) is 113 cm³/mol. The third kappa shape index (κ3) is 3.58. The first-order valence-electron chi connectivity index (χ1n) is 8.36. The van der Waals surface area contributed by atoms with E-state index in [1.165, 1.54) is 18.2 Å². The maximum Gasteiger partial charge on any atom is 0.263 e. The fourth-order valence-corrected chi connectivity index (χ4v) is 4.74. The number of imidazole rings is 1. The number of anilines is 1. The van der Waals surface area contributed by atoms with Gasteiger partial charge in [-0.3, -0.25) is 4.72 Å². The number of halogens is 2. The topological polar surface area (TPSA) is 63.5 Å². The molecule has 0 aliphatic heterocycles. The number of hydrogen-bond acceptors (Lipinski definition) is 3. The fourth-order valence-electron chi connectivity index (χ4n) is 2.92. The van der Waals surface area contributed by atoms with Gasteiger partial charge < -0.3 is 4.40 Å². The smallest absolute Gasteiger partial charge is 0.263 e. The van der Waals surface area contributed by atoms with Crippen molar-refractivity contribution in [1.29, 1.82) is 0 Å². The van der Waals surface area contributed by atoms with Gasteiger partial charge in [-0.2, -0.15) is 0 Å². The van der Waals surface area contributed by atoms with Crippen LogP contribution < -0.4 is 4.72 Å². The highest BCUT2D eigenvalue weighted by Gasteiger charge is 2.19. The summed E-state index contributed by atoms with van der Waals surface area (Å²) in [5.74, 6) is 0. The average molecular weight is 432 g/mol. The molecule has 0 unspecified atom stereocenters. The molecule has 2 aromatic carbocycles. The van der Waals surface area contributed by atoms with E-state index in [-0.39, 0.29) is 9.92 Å². The van der Waals surface area contributed by atoms with Crippen LogP contribution in [0.3, 0.4) is 0 Å². The van der Waals surface area contributed by atoms with Crippen molar-refractivity contribution < 1.29 is 8.42 Å². The molecular weight excluding hydrogens is 417 g/mol. The third-order valence-corrected chi connectivity index (χ3v) is 6.39. The van der Waals surface area contributed by atoms with Gasteiger partial charge in [-0.15, -0.1) is 0 Å². The van der Waals surface area contributed by atoms with Crippen LogP contribution in [0.1, 0.15) is 5.69 Å². The highest BCUT2D eigenvalue weighted by Crippen LogP contribution is 2.28. The molecule has 4 rings (SSSR count). The van der Waals surface area contributed by atoms with Gasteiger partial charge >= 0.3 is 0 Å². The summed E-state index contributed by atoms with van der Waals surface area (Å²) in [4.78, 5) is 4.54. The van der Waals surface area contributed by atoms with Crippen LogP contribution in [-0.2, 0) is 10.0 Å². The first kappa shape index (κ1) is 18.8. The monoisotopic (exact) mass is 431 g/mol. The molecular formula is C20H15Cl2N3O2S. The summed E-state index contributed by atoms with van der Waals surface area (Å²) in [6, 6.07) is 17.2. The second-order valence-electron chi connectivity index (χ2n) is 6.28. The summed E-state index contributed by atoms with van der Waals surface area (Å²) in [5.41, 5.74) is 3.83. The summed E-state index contributed by atoms with van der Waals surface area (Å²) in [7, 11) is -3.89. The molecule has 0 atom stereocenters. The molecule has 0 saturated carbocycles. The lowest BCUT2D eigenvalue weighted by Gasteiger charge is -2.10. The van der Waals surface area contributed by atoms with Gasteiger partial charge in [0.05, 0.1) is 10.7 Å². The number of sulfonamides is 1. The number of hydrogen-bond donors (Lipinski definition) is 1. The van der Waals surface area contributed by atoms with E-state index in [0.29, 0.717) is 10.7 Å². The third-order valence-electron chi connectivity index (χ3n) is 4.29. The van der Waals surface area contributed by atoms with E-state index < -0.39 is 10.0 Å². The number of pyridine rings is 1. The van der Waals surface area contributed by atoms with Crippen LogP contribution in [0.4, 0.5) is 5.69 Å². The molecule has 4 aromatic rings. The first-order chi connectivity index (χ1) is 13.3. The van der Waals surface area contributed by atoms with Crippen molar-refractivity contribution >= 4 is 44.6 Å². The molecule has 0 radical (unpaired) electrons. The molecule has 0 aliphatic rings. The predicted octanol–water partition coefficient (Wildman–Crippen LogP) is 5.42. The summed E-state index contributed by atoms with van der Waals surface area (Å²) in [6.07, 6.45) is 1.92. The van der Waals surface area contributed by atoms with E-state index in [0.717, 1.165) is 22.6 Å². The number of fused-ring (bicyclic) bond motifs is 1. The number of aryl methyl sites for hydroxylation is 1. The zero-order valence-electron chi connectivity index (χ0n) is 14.7. The Morgan fingerprint density at radius 1 is 1.00 bits per heavy atom. The number of rotatable bonds is 4. The van der Waals surface area contributed by atoms with Gasteiger partial charge in [0.1, 0.15) is 10.5 Å². The molecule has 0 aliphatic carbocycles. The fraction of sp³-hybridized carbons (Fsp3) is 0.0500. The molecule has 0 saturated heterocycles. The van der Waals surface area contributed by atoms with Crippen molar-refractivity contribution in [2.24, 2.45) is 0 Å². The Hall–Kier alpha value is -2.54. The largest absolute Gasteiger partial charge is 0.304 e. The molecule has 0 bridgehead atoms. The van der Waals surface area contributed by atoms with Crippen molar-refractivity contribution in [3.63, 3.8) is 0 Å².